The van der Waals surface area contributed by atoms with E-state index in [1.54, 1.807) is 0 Å². The Hall–Kier alpha value is -0.560. The fraction of sp³-hybridized carbons (Fsp3) is 0.636. The second-order valence-electron chi connectivity index (χ2n) is 4.46. The summed E-state index contributed by atoms with van der Waals surface area (Å²) in [6.07, 6.45) is 8.09. The summed E-state index contributed by atoms with van der Waals surface area (Å²) in [4.78, 5) is 0. The van der Waals surface area contributed by atoms with Crippen LogP contribution in [0.4, 0.5) is 0 Å². The van der Waals surface area contributed by atoms with Crippen LogP contribution in [0.3, 0.4) is 0 Å². The molecule has 0 radical (unpaired) electrons. The van der Waals surface area contributed by atoms with Gasteiger partial charge in [0.2, 0.25) is 0 Å². The minimum absolute atomic E-state index is 0.144. The van der Waals surface area contributed by atoms with Gasteiger partial charge in [0.1, 0.15) is 0 Å². The van der Waals surface area contributed by atoms with Crippen LogP contribution in [0.2, 0.25) is 0 Å². The topological polar surface area (TPSA) is 20.2 Å². The number of hydrogen-bond donors (Lipinski definition) is 1. The van der Waals surface area contributed by atoms with Gasteiger partial charge in [-0.1, -0.05) is 18.2 Å². The largest absolute Gasteiger partial charge is 0.388 e. The standard InChI is InChI=1S/C11H14O/c1-6-4-9-7-2-3-8(5-7)10(9)11(6)12/h2-4,7-12H,5H2,1H3/t7-,8+,9+,10-,11-/m0/s1. The van der Waals surface area contributed by atoms with E-state index < -0.39 is 0 Å². The minimum Gasteiger partial charge on any atom is -0.388 e. The van der Waals surface area contributed by atoms with Gasteiger partial charge in [-0.15, -0.1) is 0 Å². The molecule has 12 heavy (non-hydrogen) atoms. The van der Waals surface area contributed by atoms with E-state index in [0.717, 1.165) is 5.92 Å². The van der Waals surface area contributed by atoms with Gasteiger partial charge in [-0.05, 0) is 36.7 Å². The summed E-state index contributed by atoms with van der Waals surface area (Å²) in [5.74, 6) is 2.60. The van der Waals surface area contributed by atoms with Gasteiger partial charge in [0.05, 0.1) is 6.10 Å². The Morgan fingerprint density at radius 1 is 1.33 bits per heavy atom. The summed E-state index contributed by atoms with van der Waals surface area (Å²) in [6.45, 7) is 2.06. The van der Waals surface area contributed by atoms with E-state index in [0.29, 0.717) is 17.8 Å². The number of allylic oxidation sites excluding steroid dienone is 3. The molecule has 1 nitrogen and oxygen atoms in total. The van der Waals surface area contributed by atoms with Crippen LogP contribution >= 0.6 is 0 Å². The third-order valence-electron chi connectivity index (χ3n) is 3.87. The molecule has 1 fully saturated rings. The Kier molecular flexibility index (Phi) is 1.16. The second-order valence-corrected chi connectivity index (χ2v) is 4.46. The Balaban J connectivity index is 2.01. The monoisotopic (exact) mass is 162 g/mol. The van der Waals surface area contributed by atoms with E-state index in [1.165, 1.54) is 12.0 Å². The Morgan fingerprint density at radius 2 is 2.08 bits per heavy atom. The Labute approximate surface area is 72.8 Å². The lowest BCUT2D eigenvalue weighted by atomic mass is 9.84. The SMILES string of the molecule is CC1=C[C@H]2[C@H]([C@@H]3C=C[C@H]2C3)[C@H]1O. The van der Waals surface area contributed by atoms with Crippen molar-refractivity contribution in [2.45, 2.75) is 19.4 Å². The molecule has 0 spiro atoms. The van der Waals surface area contributed by atoms with Crippen molar-refractivity contribution in [1.29, 1.82) is 0 Å². The van der Waals surface area contributed by atoms with Crippen LogP contribution in [-0.4, -0.2) is 11.2 Å². The number of aliphatic hydroxyl groups excluding tert-OH is 1. The molecule has 3 rings (SSSR count). The number of hydrogen-bond acceptors (Lipinski definition) is 1. The fourth-order valence-electron chi connectivity index (χ4n) is 3.28. The predicted octanol–water partition coefficient (Wildman–Crippen LogP) is 1.75. The molecular weight excluding hydrogens is 148 g/mol. The van der Waals surface area contributed by atoms with Crippen LogP contribution in [0.15, 0.2) is 23.8 Å². The molecule has 0 aromatic heterocycles. The highest BCUT2D eigenvalue weighted by atomic mass is 16.3. The lowest BCUT2D eigenvalue weighted by Gasteiger charge is -2.23. The number of fused-ring (bicyclic) bond motifs is 5. The van der Waals surface area contributed by atoms with Gasteiger partial charge >= 0.3 is 0 Å². The van der Waals surface area contributed by atoms with E-state index >= 15 is 0 Å². The molecule has 1 N–H and O–H groups in total. The molecule has 3 aliphatic rings. The highest BCUT2D eigenvalue weighted by Gasteiger charge is 2.49. The van der Waals surface area contributed by atoms with E-state index in [1.807, 2.05) is 0 Å². The third kappa shape index (κ3) is 0.639. The molecule has 0 unspecified atom stereocenters. The van der Waals surface area contributed by atoms with Gasteiger partial charge in [-0.2, -0.15) is 0 Å². The zero-order valence-corrected chi connectivity index (χ0v) is 7.27. The van der Waals surface area contributed by atoms with Crippen molar-refractivity contribution in [3.05, 3.63) is 23.8 Å². The summed E-state index contributed by atoms with van der Waals surface area (Å²) in [5, 5.41) is 9.89. The molecule has 0 heterocycles. The highest BCUT2D eigenvalue weighted by molar-refractivity contribution is 5.29. The fourth-order valence-corrected chi connectivity index (χ4v) is 3.28. The molecule has 2 bridgehead atoms. The van der Waals surface area contributed by atoms with E-state index in [-0.39, 0.29) is 6.10 Å². The minimum atomic E-state index is -0.144. The van der Waals surface area contributed by atoms with Gasteiger partial charge in [0.25, 0.3) is 0 Å². The second kappa shape index (κ2) is 2.02. The van der Waals surface area contributed by atoms with Gasteiger partial charge in [-0.25, -0.2) is 0 Å². The molecule has 0 amide bonds. The van der Waals surface area contributed by atoms with E-state index in [9.17, 15) is 5.11 Å². The van der Waals surface area contributed by atoms with Crippen LogP contribution in [-0.2, 0) is 0 Å². The maximum Gasteiger partial charge on any atom is 0.0787 e. The molecule has 64 valence electrons. The van der Waals surface area contributed by atoms with Crippen LogP contribution in [0.5, 0.6) is 0 Å². The summed E-state index contributed by atoms with van der Waals surface area (Å²) in [5.41, 5.74) is 1.20. The number of rotatable bonds is 0. The first kappa shape index (κ1) is 6.90. The van der Waals surface area contributed by atoms with Crippen molar-refractivity contribution in [2.24, 2.45) is 23.7 Å². The average Bonchev–Trinajstić information content (AvgIpc) is 2.66. The van der Waals surface area contributed by atoms with Gasteiger partial charge < -0.3 is 5.11 Å². The summed E-state index contributed by atoms with van der Waals surface area (Å²) < 4.78 is 0. The molecule has 3 aliphatic carbocycles. The first-order valence-corrected chi connectivity index (χ1v) is 4.82. The van der Waals surface area contributed by atoms with Crippen molar-refractivity contribution >= 4 is 0 Å². The molecule has 1 saturated carbocycles. The van der Waals surface area contributed by atoms with Gasteiger partial charge in [0.15, 0.2) is 0 Å². The first-order valence-electron chi connectivity index (χ1n) is 4.82. The van der Waals surface area contributed by atoms with Gasteiger partial charge in [-0.3, -0.25) is 0 Å². The molecule has 0 aliphatic heterocycles. The van der Waals surface area contributed by atoms with Crippen molar-refractivity contribution in [2.75, 3.05) is 0 Å². The van der Waals surface area contributed by atoms with Crippen LogP contribution in [0.1, 0.15) is 13.3 Å². The van der Waals surface area contributed by atoms with Crippen LogP contribution in [0.25, 0.3) is 0 Å². The molecule has 0 saturated heterocycles. The zero-order chi connectivity index (χ0) is 8.29. The van der Waals surface area contributed by atoms with Crippen molar-refractivity contribution in [1.82, 2.24) is 0 Å². The normalized spacial score (nSPS) is 54.5. The van der Waals surface area contributed by atoms with Crippen LogP contribution in [0, 0.1) is 23.7 Å². The van der Waals surface area contributed by atoms with Crippen molar-refractivity contribution in [3.8, 4) is 0 Å². The Bertz CT molecular complexity index is 277. The quantitative estimate of drug-likeness (QED) is 0.538. The molecule has 0 aromatic rings. The van der Waals surface area contributed by atoms with E-state index in [2.05, 4.69) is 25.2 Å². The van der Waals surface area contributed by atoms with E-state index in [4.69, 9.17) is 0 Å². The molecule has 5 atom stereocenters. The first-order chi connectivity index (χ1) is 5.77. The number of aliphatic hydroxyl groups is 1. The lowest BCUT2D eigenvalue weighted by Crippen LogP contribution is -2.25. The van der Waals surface area contributed by atoms with Gasteiger partial charge in [0, 0.05) is 5.92 Å². The Morgan fingerprint density at radius 3 is 2.83 bits per heavy atom. The van der Waals surface area contributed by atoms with Crippen molar-refractivity contribution in [3.63, 3.8) is 0 Å². The smallest absolute Gasteiger partial charge is 0.0787 e. The molecular formula is C11H14O. The van der Waals surface area contributed by atoms with Crippen molar-refractivity contribution < 1.29 is 5.11 Å². The molecule has 1 heteroatoms. The molecule has 0 aromatic carbocycles. The average molecular weight is 162 g/mol. The summed E-state index contributed by atoms with van der Waals surface area (Å²) in [7, 11) is 0. The van der Waals surface area contributed by atoms with Crippen LogP contribution < -0.4 is 0 Å². The maximum atomic E-state index is 9.89. The summed E-state index contributed by atoms with van der Waals surface area (Å²) in [6, 6.07) is 0. The third-order valence-corrected chi connectivity index (χ3v) is 3.87. The highest BCUT2D eigenvalue weighted by Crippen LogP contribution is 2.54. The summed E-state index contributed by atoms with van der Waals surface area (Å²) >= 11 is 0. The zero-order valence-electron chi connectivity index (χ0n) is 7.27. The lowest BCUT2D eigenvalue weighted by molar-refractivity contribution is 0.124. The predicted molar refractivity (Wildman–Crippen MR) is 47.5 cm³/mol. The maximum absolute atomic E-state index is 9.89.